The summed E-state index contributed by atoms with van der Waals surface area (Å²) in [5, 5.41) is 5.16. The Balaban J connectivity index is 1.87. The summed E-state index contributed by atoms with van der Waals surface area (Å²) in [5.74, 6) is -0.812. The van der Waals surface area contributed by atoms with Gasteiger partial charge in [0, 0.05) is 34.2 Å². The molecule has 0 saturated carbocycles. The fraction of sp³-hybridized carbons (Fsp3) is 0.0455. The van der Waals surface area contributed by atoms with Gasteiger partial charge in [-0.2, -0.15) is 0 Å². The average molecular weight is 353 g/mol. The number of rotatable bonds is 2. The first-order valence-corrected chi connectivity index (χ1v) is 8.66. The molecule has 2 amide bonds. The van der Waals surface area contributed by atoms with Gasteiger partial charge in [-0.25, -0.2) is 0 Å². The lowest BCUT2D eigenvalue weighted by molar-refractivity contribution is -0.122. The SMILES string of the molecule is Cc1cccc2c(C3=C(c4nccc5ccccc45)C(=O)NC3=O)c[nH]c12. The zero-order valence-electron chi connectivity index (χ0n) is 14.5. The standard InChI is InChI=1S/C22H15N3O2/c1-12-5-4-8-15-16(11-24-19(12)15)17-18(22(27)25-21(17)26)20-14-7-3-2-6-13(14)9-10-23-20/h2-11,24H,1H3,(H,25,26,27). The van der Waals surface area contributed by atoms with Gasteiger partial charge in [0.05, 0.1) is 16.8 Å². The second-order valence-electron chi connectivity index (χ2n) is 6.61. The van der Waals surface area contributed by atoms with Crippen molar-refractivity contribution in [3.05, 3.63) is 77.7 Å². The molecule has 4 aromatic rings. The number of carbonyl (C=O) groups excluding carboxylic acids is 2. The van der Waals surface area contributed by atoms with Crippen molar-refractivity contribution >= 4 is 44.6 Å². The molecule has 5 nitrogen and oxygen atoms in total. The first-order chi connectivity index (χ1) is 13.1. The number of nitrogens with zero attached hydrogens (tertiary/aromatic N) is 1. The maximum Gasteiger partial charge on any atom is 0.261 e. The molecule has 2 aromatic carbocycles. The van der Waals surface area contributed by atoms with Crippen LogP contribution in [0.2, 0.25) is 0 Å². The molecule has 5 rings (SSSR count). The van der Waals surface area contributed by atoms with E-state index in [1.165, 1.54) is 0 Å². The van der Waals surface area contributed by atoms with Gasteiger partial charge in [0.15, 0.2) is 0 Å². The number of amides is 2. The van der Waals surface area contributed by atoms with E-state index in [0.29, 0.717) is 22.4 Å². The van der Waals surface area contributed by atoms with Gasteiger partial charge in [-0.3, -0.25) is 19.9 Å². The molecule has 130 valence electrons. The highest BCUT2D eigenvalue weighted by atomic mass is 16.2. The smallest absolute Gasteiger partial charge is 0.261 e. The molecule has 1 aliphatic rings. The van der Waals surface area contributed by atoms with Gasteiger partial charge in [-0.15, -0.1) is 0 Å². The second-order valence-corrected chi connectivity index (χ2v) is 6.61. The van der Waals surface area contributed by atoms with Crippen LogP contribution in [0.5, 0.6) is 0 Å². The second kappa shape index (κ2) is 5.64. The van der Waals surface area contributed by atoms with E-state index in [2.05, 4.69) is 15.3 Å². The first kappa shape index (κ1) is 15.5. The van der Waals surface area contributed by atoms with Crippen LogP contribution in [0, 0.1) is 6.92 Å². The monoisotopic (exact) mass is 353 g/mol. The number of para-hydroxylation sites is 1. The maximum atomic E-state index is 12.7. The van der Waals surface area contributed by atoms with E-state index in [1.807, 2.05) is 55.5 Å². The third kappa shape index (κ3) is 2.22. The van der Waals surface area contributed by atoms with Gasteiger partial charge in [-0.1, -0.05) is 42.5 Å². The fourth-order valence-corrected chi connectivity index (χ4v) is 3.77. The van der Waals surface area contributed by atoms with Crippen LogP contribution >= 0.6 is 0 Å². The third-order valence-corrected chi connectivity index (χ3v) is 5.03. The van der Waals surface area contributed by atoms with Crippen LogP contribution in [0.3, 0.4) is 0 Å². The molecule has 0 unspecified atom stereocenters. The number of aromatic nitrogens is 2. The van der Waals surface area contributed by atoms with Crippen LogP contribution in [-0.2, 0) is 9.59 Å². The number of H-pyrrole nitrogens is 1. The molecule has 0 spiro atoms. The van der Waals surface area contributed by atoms with E-state index in [4.69, 9.17) is 0 Å². The van der Waals surface area contributed by atoms with Crippen molar-refractivity contribution in [3.8, 4) is 0 Å². The molecule has 0 radical (unpaired) electrons. The lowest BCUT2D eigenvalue weighted by Crippen LogP contribution is -2.22. The lowest BCUT2D eigenvalue weighted by Gasteiger charge is -2.07. The fourth-order valence-electron chi connectivity index (χ4n) is 3.77. The molecule has 5 heteroatoms. The summed E-state index contributed by atoms with van der Waals surface area (Å²) in [7, 11) is 0. The molecule has 27 heavy (non-hydrogen) atoms. The van der Waals surface area contributed by atoms with Crippen LogP contribution in [0.15, 0.2) is 60.9 Å². The Bertz CT molecular complexity index is 1290. The summed E-state index contributed by atoms with van der Waals surface area (Å²) in [6, 6.07) is 15.5. The van der Waals surface area contributed by atoms with Gasteiger partial charge < -0.3 is 4.98 Å². The molecule has 0 atom stereocenters. The van der Waals surface area contributed by atoms with Gasteiger partial charge in [0.25, 0.3) is 11.8 Å². The summed E-state index contributed by atoms with van der Waals surface area (Å²) in [6.07, 6.45) is 3.45. The number of hydrogen-bond acceptors (Lipinski definition) is 3. The van der Waals surface area contributed by atoms with Crippen LogP contribution in [0.1, 0.15) is 16.8 Å². The number of nitrogens with one attached hydrogen (secondary N) is 2. The Morgan fingerprint density at radius 3 is 2.52 bits per heavy atom. The van der Waals surface area contributed by atoms with Crippen molar-refractivity contribution in [2.45, 2.75) is 6.92 Å². The lowest BCUT2D eigenvalue weighted by atomic mass is 9.96. The molecule has 3 heterocycles. The molecular formula is C22H15N3O2. The minimum Gasteiger partial charge on any atom is -0.360 e. The normalized spacial score (nSPS) is 14.4. The number of pyridine rings is 1. The Morgan fingerprint density at radius 1 is 0.852 bits per heavy atom. The van der Waals surface area contributed by atoms with Crippen molar-refractivity contribution in [3.63, 3.8) is 0 Å². The van der Waals surface area contributed by atoms with Crippen molar-refractivity contribution < 1.29 is 9.59 Å². The number of benzene rings is 2. The van der Waals surface area contributed by atoms with Crippen molar-refractivity contribution in [1.29, 1.82) is 0 Å². The summed E-state index contributed by atoms with van der Waals surface area (Å²) < 4.78 is 0. The predicted molar refractivity (Wildman–Crippen MR) is 105 cm³/mol. The molecule has 2 aromatic heterocycles. The number of fused-ring (bicyclic) bond motifs is 2. The van der Waals surface area contributed by atoms with E-state index in [0.717, 1.165) is 27.2 Å². The Kier molecular flexibility index (Phi) is 3.24. The number of carbonyl (C=O) groups is 2. The van der Waals surface area contributed by atoms with Crippen molar-refractivity contribution in [1.82, 2.24) is 15.3 Å². The van der Waals surface area contributed by atoms with Gasteiger partial charge in [0.1, 0.15) is 0 Å². The van der Waals surface area contributed by atoms with Crippen LogP contribution in [-0.4, -0.2) is 21.8 Å². The summed E-state index contributed by atoms with van der Waals surface area (Å²) in [4.78, 5) is 33.1. The summed E-state index contributed by atoms with van der Waals surface area (Å²) in [6.45, 7) is 2.00. The molecule has 0 saturated heterocycles. The minimum atomic E-state index is -0.416. The van der Waals surface area contributed by atoms with E-state index >= 15 is 0 Å². The molecular weight excluding hydrogens is 338 g/mol. The third-order valence-electron chi connectivity index (χ3n) is 5.03. The average Bonchev–Trinajstić information content (AvgIpc) is 3.22. The zero-order valence-corrected chi connectivity index (χ0v) is 14.5. The van der Waals surface area contributed by atoms with E-state index < -0.39 is 11.8 Å². The topological polar surface area (TPSA) is 74.8 Å². The molecule has 0 fully saturated rings. The van der Waals surface area contributed by atoms with Gasteiger partial charge in [0.2, 0.25) is 0 Å². The molecule has 0 bridgehead atoms. The van der Waals surface area contributed by atoms with E-state index in [1.54, 1.807) is 12.4 Å². The van der Waals surface area contributed by atoms with Gasteiger partial charge in [-0.05, 0) is 23.9 Å². The van der Waals surface area contributed by atoms with E-state index in [9.17, 15) is 9.59 Å². The summed E-state index contributed by atoms with van der Waals surface area (Å²) in [5.41, 5.74) is 3.95. The highest BCUT2D eigenvalue weighted by Gasteiger charge is 2.35. The molecule has 0 aliphatic carbocycles. The maximum absolute atomic E-state index is 12.7. The minimum absolute atomic E-state index is 0.319. The quantitative estimate of drug-likeness (QED) is 0.541. The highest BCUT2D eigenvalue weighted by Crippen LogP contribution is 2.36. The zero-order chi connectivity index (χ0) is 18.5. The van der Waals surface area contributed by atoms with Crippen LogP contribution in [0.25, 0.3) is 32.8 Å². The number of hydrogen-bond donors (Lipinski definition) is 2. The highest BCUT2D eigenvalue weighted by molar-refractivity contribution is 6.50. The van der Waals surface area contributed by atoms with Gasteiger partial charge >= 0.3 is 0 Å². The van der Waals surface area contributed by atoms with E-state index in [-0.39, 0.29) is 0 Å². The number of aryl methyl sites for hydroxylation is 1. The number of imide groups is 1. The molecule has 1 aliphatic heterocycles. The Morgan fingerprint density at radius 2 is 1.63 bits per heavy atom. The number of aromatic amines is 1. The first-order valence-electron chi connectivity index (χ1n) is 8.66. The largest absolute Gasteiger partial charge is 0.360 e. The Labute approximate surface area is 154 Å². The summed E-state index contributed by atoms with van der Waals surface area (Å²) >= 11 is 0. The van der Waals surface area contributed by atoms with Crippen molar-refractivity contribution in [2.75, 3.05) is 0 Å². The Hall–Kier alpha value is -3.73. The predicted octanol–water partition coefficient (Wildman–Crippen LogP) is 3.59. The van der Waals surface area contributed by atoms with Crippen LogP contribution in [0.4, 0.5) is 0 Å². The van der Waals surface area contributed by atoms with Crippen molar-refractivity contribution in [2.24, 2.45) is 0 Å². The molecule has 2 N–H and O–H groups in total. The van der Waals surface area contributed by atoms with Crippen LogP contribution < -0.4 is 5.32 Å².